The molecule has 18 heavy (non-hydrogen) atoms. The summed E-state index contributed by atoms with van der Waals surface area (Å²) in [4.78, 5) is 25.3. The number of nitrogens with one attached hydrogen (secondary N) is 1. The zero-order valence-electron chi connectivity index (χ0n) is 10.0. The SMILES string of the molecule is Cc1cn(C2(CO)CC[C@@H](CO)O2)c(=O)[nH]c1=O. The summed E-state index contributed by atoms with van der Waals surface area (Å²) in [6.07, 6.45) is 1.91. The van der Waals surface area contributed by atoms with Gasteiger partial charge in [-0.2, -0.15) is 0 Å². The molecule has 7 heteroatoms. The van der Waals surface area contributed by atoms with Gasteiger partial charge in [-0.1, -0.05) is 0 Å². The quantitative estimate of drug-likeness (QED) is 0.621. The van der Waals surface area contributed by atoms with Gasteiger partial charge in [0.2, 0.25) is 0 Å². The lowest BCUT2D eigenvalue weighted by molar-refractivity contribution is -0.139. The van der Waals surface area contributed by atoms with Crippen LogP contribution in [0.25, 0.3) is 0 Å². The fourth-order valence-corrected chi connectivity index (χ4v) is 2.18. The van der Waals surface area contributed by atoms with Crippen LogP contribution < -0.4 is 11.2 Å². The average molecular weight is 256 g/mol. The third-order valence-electron chi connectivity index (χ3n) is 3.25. The second kappa shape index (κ2) is 4.68. The summed E-state index contributed by atoms with van der Waals surface area (Å²) in [5, 5.41) is 18.6. The van der Waals surface area contributed by atoms with Gasteiger partial charge in [0.25, 0.3) is 5.56 Å². The van der Waals surface area contributed by atoms with Crippen molar-refractivity contribution >= 4 is 0 Å². The summed E-state index contributed by atoms with van der Waals surface area (Å²) < 4.78 is 6.74. The van der Waals surface area contributed by atoms with Gasteiger partial charge in [-0.15, -0.1) is 0 Å². The van der Waals surface area contributed by atoms with Gasteiger partial charge >= 0.3 is 5.69 Å². The van der Waals surface area contributed by atoms with E-state index in [2.05, 4.69) is 4.98 Å². The van der Waals surface area contributed by atoms with Crippen molar-refractivity contribution in [1.29, 1.82) is 0 Å². The summed E-state index contributed by atoms with van der Waals surface area (Å²) >= 11 is 0. The predicted octanol–water partition coefficient (Wildman–Crippen LogP) is -1.34. The lowest BCUT2D eigenvalue weighted by Gasteiger charge is -2.29. The molecule has 1 fully saturated rings. The highest BCUT2D eigenvalue weighted by Gasteiger charge is 2.42. The third-order valence-corrected chi connectivity index (χ3v) is 3.25. The topological polar surface area (TPSA) is 105 Å². The van der Waals surface area contributed by atoms with Crippen LogP contribution >= 0.6 is 0 Å². The summed E-state index contributed by atoms with van der Waals surface area (Å²) in [5.41, 5.74) is -1.92. The van der Waals surface area contributed by atoms with Gasteiger partial charge in [-0.25, -0.2) is 4.79 Å². The Morgan fingerprint density at radius 3 is 2.83 bits per heavy atom. The van der Waals surface area contributed by atoms with Crippen LogP contribution in [0, 0.1) is 6.92 Å². The number of hydrogen-bond donors (Lipinski definition) is 3. The number of hydrogen-bond acceptors (Lipinski definition) is 5. The second-order valence-corrected chi connectivity index (χ2v) is 4.51. The molecule has 100 valence electrons. The van der Waals surface area contributed by atoms with Crippen molar-refractivity contribution in [1.82, 2.24) is 9.55 Å². The molecule has 0 aliphatic carbocycles. The molecule has 0 amide bonds. The molecule has 1 unspecified atom stereocenters. The molecule has 1 aliphatic rings. The molecule has 2 atom stereocenters. The molecule has 0 saturated carbocycles. The van der Waals surface area contributed by atoms with Crippen LogP contribution in [0.2, 0.25) is 0 Å². The van der Waals surface area contributed by atoms with E-state index in [4.69, 9.17) is 9.84 Å². The number of aromatic nitrogens is 2. The first-order chi connectivity index (χ1) is 8.52. The van der Waals surface area contributed by atoms with Crippen LogP contribution in [0.5, 0.6) is 0 Å². The van der Waals surface area contributed by atoms with E-state index in [0.717, 1.165) is 0 Å². The Hall–Kier alpha value is -1.44. The monoisotopic (exact) mass is 256 g/mol. The minimum atomic E-state index is -1.20. The molecule has 1 saturated heterocycles. The van der Waals surface area contributed by atoms with E-state index < -0.39 is 29.7 Å². The average Bonchev–Trinajstić information content (AvgIpc) is 2.78. The molecule has 0 radical (unpaired) electrons. The molecule has 1 aromatic rings. The minimum absolute atomic E-state index is 0.168. The number of aromatic amines is 1. The van der Waals surface area contributed by atoms with E-state index in [-0.39, 0.29) is 6.61 Å². The molecular formula is C11H16N2O5. The number of H-pyrrole nitrogens is 1. The van der Waals surface area contributed by atoms with E-state index >= 15 is 0 Å². The van der Waals surface area contributed by atoms with Gasteiger partial charge in [0, 0.05) is 18.2 Å². The lowest BCUT2D eigenvalue weighted by Crippen LogP contribution is -2.47. The largest absolute Gasteiger partial charge is 0.394 e. The number of aliphatic hydroxyl groups excluding tert-OH is 2. The van der Waals surface area contributed by atoms with Crippen molar-refractivity contribution in [3.63, 3.8) is 0 Å². The molecule has 2 rings (SSSR count). The van der Waals surface area contributed by atoms with Gasteiger partial charge < -0.3 is 14.9 Å². The highest BCUT2D eigenvalue weighted by molar-refractivity contribution is 5.03. The van der Waals surface area contributed by atoms with Crippen molar-refractivity contribution in [3.8, 4) is 0 Å². The zero-order chi connectivity index (χ0) is 13.3. The van der Waals surface area contributed by atoms with Crippen molar-refractivity contribution in [2.75, 3.05) is 13.2 Å². The van der Waals surface area contributed by atoms with Crippen LogP contribution in [0.1, 0.15) is 18.4 Å². The number of aryl methyl sites for hydroxylation is 1. The Labute approximate surface area is 103 Å². The van der Waals surface area contributed by atoms with Crippen molar-refractivity contribution in [2.24, 2.45) is 0 Å². The highest BCUT2D eigenvalue weighted by atomic mass is 16.6. The van der Waals surface area contributed by atoms with Crippen LogP contribution in [-0.2, 0) is 10.5 Å². The van der Waals surface area contributed by atoms with E-state index in [1.807, 2.05) is 0 Å². The van der Waals surface area contributed by atoms with E-state index in [1.54, 1.807) is 6.92 Å². The summed E-state index contributed by atoms with van der Waals surface area (Å²) in [5.74, 6) is 0. The lowest BCUT2D eigenvalue weighted by atomic mass is 10.1. The first-order valence-electron chi connectivity index (χ1n) is 5.75. The molecule has 7 nitrogen and oxygen atoms in total. The molecule has 3 N–H and O–H groups in total. The van der Waals surface area contributed by atoms with Gasteiger partial charge in [0.05, 0.1) is 19.3 Å². The van der Waals surface area contributed by atoms with Crippen LogP contribution in [0.4, 0.5) is 0 Å². The zero-order valence-corrected chi connectivity index (χ0v) is 10.0. The standard InChI is InChI=1S/C11H16N2O5/c1-7-4-13(10(17)12-9(7)16)11(6-15)3-2-8(5-14)18-11/h4,8,14-15H,2-3,5-6H2,1H3,(H,12,16,17)/t8-,11?/m0/s1. The Balaban J connectivity index is 2.49. The molecule has 0 bridgehead atoms. The van der Waals surface area contributed by atoms with E-state index in [0.29, 0.717) is 18.4 Å². The summed E-state index contributed by atoms with van der Waals surface area (Å²) in [6.45, 7) is 1.01. The Kier molecular flexibility index (Phi) is 3.38. The van der Waals surface area contributed by atoms with E-state index in [1.165, 1.54) is 10.8 Å². The molecular weight excluding hydrogens is 240 g/mol. The van der Waals surface area contributed by atoms with Gasteiger partial charge in [0.1, 0.15) is 0 Å². The number of aliphatic hydroxyl groups is 2. The first-order valence-corrected chi connectivity index (χ1v) is 5.75. The maximum absolute atomic E-state index is 11.8. The van der Waals surface area contributed by atoms with Gasteiger partial charge in [0.15, 0.2) is 5.72 Å². The van der Waals surface area contributed by atoms with Gasteiger partial charge in [-0.05, 0) is 13.3 Å². The number of nitrogens with zero attached hydrogens (tertiary/aromatic N) is 1. The fourth-order valence-electron chi connectivity index (χ4n) is 2.18. The normalized spacial score (nSPS) is 27.6. The maximum Gasteiger partial charge on any atom is 0.330 e. The van der Waals surface area contributed by atoms with Gasteiger partial charge in [-0.3, -0.25) is 14.3 Å². The highest BCUT2D eigenvalue weighted by Crippen LogP contribution is 2.33. The fraction of sp³-hybridized carbons (Fsp3) is 0.636. The molecule has 0 spiro atoms. The Bertz CT molecular complexity index is 549. The molecule has 0 aromatic carbocycles. The van der Waals surface area contributed by atoms with Crippen molar-refractivity contribution in [3.05, 3.63) is 32.6 Å². The molecule has 1 aliphatic heterocycles. The van der Waals surface area contributed by atoms with Crippen LogP contribution in [0.15, 0.2) is 15.8 Å². The molecule has 2 heterocycles. The first kappa shape index (κ1) is 13.0. The van der Waals surface area contributed by atoms with E-state index in [9.17, 15) is 14.7 Å². The van der Waals surface area contributed by atoms with Crippen molar-refractivity contribution < 1.29 is 14.9 Å². The maximum atomic E-state index is 11.8. The Morgan fingerprint density at radius 1 is 1.56 bits per heavy atom. The molecule has 1 aromatic heterocycles. The minimum Gasteiger partial charge on any atom is -0.394 e. The van der Waals surface area contributed by atoms with Crippen LogP contribution in [-0.4, -0.2) is 39.1 Å². The van der Waals surface area contributed by atoms with Crippen molar-refractivity contribution in [2.45, 2.75) is 31.6 Å². The number of ether oxygens (including phenoxy) is 1. The predicted molar refractivity (Wildman–Crippen MR) is 62.3 cm³/mol. The summed E-state index contributed by atoms with van der Waals surface area (Å²) in [7, 11) is 0. The summed E-state index contributed by atoms with van der Waals surface area (Å²) in [6, 6.07) is 0. The number of rotatable bonds is 3. The third kappa shape index (κ3) is 2.00. The Morgan fingerprint density at radius 2 is 2.28 bits per heavy atom. The smallest absolute Gasteiger partial charge is 0.330 e. The second-order valence-electron chi connectivity index (χ2n) is 4.51. The van der Waals surface area contributed by atoms with Crippen LogP contribution in [0.3, 0.4) is 0 Å².